The summed E-state index contributed by atoms with van der Waals surface area (Å²) in [6.45, 7) is 6.52. The van der Waals surface area contributed by atoms with Gasteiger partial charge in [-0.05, 0) is 31.5 Å². The predicted molar refractivity (Wildman–Crippen MR) is 139 cm³/mol. The Labute approximate surface area is 214 Å². The van der Waals surface area contributed by atoms with Gasteiger partial charge in [0.1, 0.15) is 11.0 Å². The number of halogens is 2. The molecule has 0 radical (unpaired) electrons. The lowest BCUT2D eigenvalue weighted by Gasteiger charge is -2.40. The van der Waals surface area contributed by atoms with Gasteiger partial charge in [0.15, 0.2) is 5.16 Å². The van der Waals surface area contributed by atoms with E-state index in [0.29, 0.717) is 53.0 Å². The zero-order valence-corrected chi connectivity index (χ0v) is 21.7. The van der Waals surface area contributed by atoms with Crippen LogP contribution in [0.1, 0.15) is 33.1 Å². The van der Waals surface area contributed by atoms with Crippen molar-refractivity contribution in [2.24, 2.45) is 0 Å². The molecular formula is C23H30Cl2N6O2S. The summed E-state index contributed by atoms with van der Waals surface area (Å²) in [4.78, 5) is 37.6. The van der Waals surface area contributed by atoms with E-state index in [1.54, 1.807) is 35.2 Å². The van der Waals surface area contributed by atoms with E-state index in [4.69, 9.17) is 23.2 Å². The fourth-order valence-electron chi connectivity index (χ4n) is 3.62. The summed E-state index contributed by atoms with van der Waals surface area (Å²) in [5, 5.41) is 7.16. The van der Waals surface area contributed by atoms with Crippen molar-refractivity contribution in [2.75, 3.05) is 42.1 Å². The maximum atomic E-state index is 12.8. The largest absolute Gasteiger partial charge is 0.355 e. The highest BCUT2D eigenvalue weighted by Crippen LogP contribution is 2.24. The van der Waals surface area contributed by atoms with Crippen LogP contribution in [0.5, 0.6) is 0 Å². The van der Waals surface area contributed by atoms with Crippen LogP contribution in [0.4, 0.5) is 16.3 Å². The Hall–Kier alpha value is -2.23. The van der Waals surface area contributed by atoms with Crippen molar-refractivity contribution in [1.82, 2.24) is 20.2 Å². The van der Waals surface area contributed by atoms with Crippen LogP contribution in [0.2, 0.25) is 10.2 Å². The minimum absolute atomic E-state index is 0.0424. The van der Waals surface area contributed by atoms with Crippen molar-refractivity contribution in [3.63, 3.8) is 0 Å². The van der Waals surface area contributed by atoms with Gasteiger partial charge in [-0.2, -0.15) is 0 Å². The summed E-state index contributed by atoms with van der Waals surface area (Å²) in [6, 6.07) is 8.57. The molecule has 0 bridgehead atoms. The smallest absolute Gasteiger partial charge is 0.322 e. The second-order valence-electron chi connectivity index (χ2n) is 8.11. The molecule has 3 amide bonds. The summed E-state index contributed by atoms with van der Waals surface area (Å²) >= 11 is 13.5. The number of aromatic nitrogens is 2. The number of hydrogen-bond acceptors (Lipinski definition) is 6. The summed E-state index contributed by atoms with van der Waals surface area (Å²) < 4.78 is 0. The minimum atomic E-state index is -0.170. The summed E-state index contributed by atoms with van der Waals surface area (Å²) in [5.41, 5.74) is 0.658. The molecule has 1 aliphatic rings. The molecule has 11 heteroatoms. The second-order valence-corrected chi connectivity index (χ2v) is 9.87. The summed E-state index contributed by atoms with van der Waals surface area (Å²) in [5.74, 6) is 0.881. The minimum Gasteiger partial charge on any atom is -0.355 e. The number of hydrogen-bond donors (Lipinski definition) is 2. The van der Waals surface area contributed by atoms with Gasteiger partial charge in [-0.3, -0.25) is 4.79 Å². The molecule has 1 aliphatic heterocycles. The molecule has 2 heterocycles. The molecular weight excluding hydrogens is 495 g/mol. The standard InChI is InChI=1S/C23H30Cl2N6O2S/c1-3-4-5-9-26-21(32)15-34-22-28-19(25)13-20(29-22)30-10-11-31(16(2)14-30)23(33)27-18-8-6-7-17(24)12-18/h6-8,12-13,16H,3-5,9-11,14-15H2,1-2H3,(H,26,32)(H,27,33). The third-order valence-corrected chi connectivity index (χ3v) is 6.66. The summed E-state index contributed by atoms with van der Waals surface area (Å²) in [6.07, 6.45) is 3.19. The van der Waals surface area contributed by atoms with E-state index >= 15 is 0 Å². The monoisotopic (exact) mass is 524 g/mol. The van der Waals surface area contributed by atoms with Crippen LogP contribution in [0.3, 0.4) is 0 Å². The molecule has 0 spiro atoms. The van der Waals surface area contributed by atoms with Crippen LogP contribution in [0.15, 0.2) is 35.5 Å². The van der Waals surface area contributed by atoms with E-state index in [9.17, 15) is 9.59 Å². The van der Waals surface area contributed by atoms with Gasteiger partial charge in [-0.25, -0.2) is 14.8 Å². The fraction of sp³-hybridized carbons (Fsp3) is 0.478. The Morgan fingerprint density at radius 3 is 2.74 bits per heavy atom. The van der Waals surface area contributed by atoms with Crippen LogP contribution in [0.25, 0.3) is 0 Å². The maximum absolute atomic E-state index is 12.8. The van der Waals surface area contributed by atoms with Crippen molar-refractivity contribution in [3.8, 4) is 0 Å². The fourth-order valence-corrected chi connectivity index (χ4v) is 4.73. The van der Waals surface area contributed by atoms with Gasteiger partial charge >= 0.3 is 6.03 Å². The highest BCUT2D eigenvalue weighted by molar-refractivity contribution is 7.99. The van der Waals surface area contributed by atoms with E-state index in [2.05, 4.69) is 32.4 Å². The number of nitrogens with one attached hydrogen (secondary N) is 2. The number of benzene rings is 1. The zero-order chi connectivity index (χ0) is 24.5. The van der Waals surface area contributed by atoms with Crippen molar-refractivity contribution in [1.29, 1.82) is 0 Å². The number of anilines is 2. The average molecular weight is 526 g/mol. The molecule has 1 aromatic carbocycles. The first-order valence-electron chi connectivity index (χ1n) is 11.4. The van der Waals surface area contributed by atoms with Crippen molar-refractivity contribution >= 4 is 58.4 Å². The van der Waals surface area contributed by atoms with Gasteiger partial charge in [-0.15, -0.1) is 0 Å². The summed E-state index contributed by atoms with van der Waals surface area (Å²) in [7, 11) is 0. The Balaban J connectivity index is 1.55. The number of amides is 3. The number of rotatable bonds is 9. The Morgan fingerprint density at radius 2 is 2.00 bits per heavy atom. The predicted octanol–water partition coefficient (Wildman–Crippen LogP) is 4.92. The zero-order valence-electron chi connectivity index (χ0n) is 19.4. The average Bonchev–Trinajstić information content (AvgIpc) is 2.80. The van der Waals surface area contributed by atoms with Gasteiger partial charge < -0.3 is 20.4 Å². The molecule has 0 saturated carbocycles. The lowest BCUT2D eigenvalue weighted by atomic mass is 10.2. The van der Waals surface area contributed by atoms with Gasteiger partial charge in [-0.1, -0.05) is 60.8 Å². The molecule has 1 aromatic heterocycles. The molecule has 1 fully saturated rings. The van der Waals surface area contributed by atoms with Gasteiger partial charge in [0.05, 0.1) is 5.75 Å². The van der Waals surface area contributed by atoms with E-state index in [-0.39, 0.29) is 23.7 Å². The second kappa shape index (κ2) is 13.0. The number of carbonyl (C=O) groups excluding carboxylic acids is 2. The van der Waals surface area contributed by atoms with E-state index in [0.717, 1.165) is 19.3 Å². The molecule has 1 atom stereocenters. The molecule has 8 nitrogen and oxygen atoms in total. The van der Waals surface area contributed by atoms with Crippen LogP contribution in [-0.4, -0.2) is 64.8 Å². The lowest BCUT2D eigenvalue weighted by Crippen LogP contribution is -2.55. The van der Waals surface area contributed by atoms with Gasteiger partial charge in [0, 0.05) is 49.0 Å². The van der Waals surface area contributed by atoms with Crippen LogP contribution < -0.4 is 15.5 Å². The lowest BCUT2D eigenvalue weighted by molar-refractivity contribution is -0.118. The van der Waals surface area contributed by atoms with E-state index in [1.807, 2.05) is 6.92 Å². The highest BCUT2D eigenvalue weighted by atomic mass is 35.5. The molecule has 34 heavy (non-hydrogen) atoms. The molecule has 3 rings (SSSR count). The van der Waals surface area contributed by atoms with Crippen LogP contribution in [0, 0.1) is 0 Å². The number of carbonyl (C=O) groups is 2. The third kappa shape index (κ3) is 7.92. The van der Waals surface area contributed by atoms with Gasteiger partial charge in [0.2, 0.25) is 5.91 Å². The Kier molecular flexibility index (Phi) is 10.1. The van der Waals surface area contributed by atoms with E-state index in [1.165, 1.54) is 11.8 Å². The van der Waals surface area contributed by atoms with Crippen LogP contribution >= 0.6 is 35.0 Å². The Bertz CT molecular complexity index is 996. The number of piperazine rings is 1. The maximum Gasteiger partial charge on any atom is 0.322 e. The van der Waals surface area contributed by atoms with Crippen molar-refractivity contribution in [3.05, 3.63) is 40.5 Å². The van der Waals surface area contributed by atoms with Gasteiger partial charge in [0.25, 0.3) is 0 Å². The van der Waals surface area contributed by atoms with E-state index < -0.39 is 0 Å². The highest BCUT2D eigenvalue weighted by Gasteiger charge is 2.28. The molecule has 0 aliphatic carbocycles. The normalized spacial score (nSPS) is 15.8. The molecule has 1 unspecified atom stereocenters. The number of unbranched alkanes of at least 4 members (excludes halogenated alkanes) is 2. The third-order valence-electron chi connectivity index (χ3n) is 5.38. The first-order chi connectivity index (χ1) is 16.4. The molecule has 2 aromatic rings. The number of thioether (sulfide) groups is 1. The SMILES string of the molecule is CCCCCNC(=O)CSc1nc(Cl)cc(N2CCN(C(=O)Nc3cccc(Cl)c3)C(C)C2)n1. The van der Waals surface area contributed by atoms with Crippen LogP contribution in [-0.2, 0) is 4.79 Å². The quantitative estimate of drug-likeness (QED) is 0.209. The molecule has 1 saturated heterocycles. The topological polar surface area (TPSA) is 90.5 Å². The van der Waals surface area contributed by atoms with Crippen molar-refractivity contribution in [2.45, 2.75) is 44.3 Å². The molecule has 2 N–H and O–H groups in total. The van der Waals surface area contributed by atoms with Crippen molar-refractivity contribution < 1.29 is 9.59 Å². The Morgan fingerprint density at radius 1 is 1.18 bits per heavy atom. The number of nitrogens with zero attached hydrogens (tertiary/aromatic N) is 4. The first kappa shape index (κ1) is 26.4. The molecule has 184 valence electrons. The number of urea groups is 1. The first-order valence-corrected chi connectivity index (χ1v) is 13.1.